The van der Waals surface area contributed by atoms with Gasteiger partial charge in [-0.25, -0.2) is 5.84 Å². The number of carbonyl (C=O) groups is 1. The van der Waals surface area contributed by atoms with Crippen LogP contribution in [0.1, 0.15) is 17.3 Å². The lowest BCUT2D eigenvalue weighted by molar-refractivity contribution is 0.0953. The van der Waals surface area contributed by atoms with Gasteiger partial charge in [-0.2, -0.15) is 11.8 Å². The number of ether oxygens (including phenoxy) is 1. The molecule has 0 spiro atoms. The van der Waals surface area contributed by atoms with Gasteiger partial charge in [-0.05, 0) is 36.4 Å². The molecular formula is C13H21N3O2S. The Morgan fingerprint density at radius 2 is 2.32 bits per heavy atom. The van der Waals surface area contributed by atoms with Crippen molar-refractivity contribution in [2.24, 2.45) is 17.5 Å². The molecule has 0 saturated heterocycles. The van der Waals surface area contributed by atoms with E-state index in [2.05, 4.69) is 12.3 Å². The summed E-state index contributed by atoms with van der Waals surface area (Å²) >= 11 is 1.82. The lowest BCUT2D eigenvalue weighted by atomic mass is 10.2. The Labute approximate surface area is 118 Å². The summed E-state index contributed by atoms with van der Waals surface area (Å²) in [5, 5.41) is 0. The largest absolute Gasteiger partial charge is 0.493 e. The summed E-state index contributed by atoms with van der Waals surface area (Å²) in [6.45, 7) is 3.45. The highest BCUT2D eigenvalue weighted by Gasteiger charge is 2.04. The minimum Gasteiger partial charge on any atom is -0.493 e. The summed E-state index contributed by atoms with van der Waals surface area (Å²) in [5.41, 5.74) is 8.13. The van der Waals surface area contributed by atoms with E-state index in [0.717, 1.165) is 11.5 Å². The Bertz CT molecular complexity index is 401. The first kappa shape index (κ1) is 15.8. The van der Waals surface area contributed by atoms with Gasteiger partial charge < -0.3 is 10.5 Å². The number of nitrogens with two attached hydrogens (primary N) is 2. The highest BCUT2D eigenvalue weighted by atomic mass is 32.2. The zero-order chi connectivity index (χ0) is 14.1. The van der Waals surface area contributed by atoms with Crippen molar-refractivity contribution in [3.05, 3.63) is 29.8 Å². The number of rotatable bonds is 8. The van der Waals surface area contributed by atoms with E-state index < -0.39 is 0 Å². The van der Waals surface area contributed by atoms with Gasteiger partial charge in [0.25, 0.3) is 5.91 Å². The number of amides is 1. The summed E-state index contributed by atoms with van der Waals surface area (Å²) < 4.78 is 5.58. The fourth-order valence-corrected chi connectivity index (χ4v) is 2.29. The lowest BCUT2D eigenvalue weighted by Gasteiger charge is -2.09. The number of nitrogen functional groups attached to an aromatic ring is 1. The van der Waals surface area contributed by atoms with Gasteiger partial charge in [0.1, 0.15) is 5.75 Å². The molecule has 6 heteroatoms. The summed E-state index contributed by atoms with van der Waals surface area (Å²) in [4.78, 5) is 11.3. The molecule has 0 bridgehead atoms. The normalized spacial score (nSPS) is 11.9. The fourth-order valence-electron chi connectivity index (χ4n) is 1.38. The molecule has 0 heterocycles. The van der Waals surface area contributed by atoms with Crippen LogP contribution in [0.4, 0.5) is 0 Å². The molecule has 1 aromatic carbocycles. The number of hydrogen-bond acceptors (Lipinski definition) is 5. The molecule has 0 aromatic heterocycles. The second-order valence-electron chi connectivity index (χ2n) is 4.27. The summed E-state index contributed by atoms with van der Waals surface area (Å²) in [6, 6.07) is 6.95. The smallest absolute Gasteiger partial charge is 0.265 e. The Hall–Kier alpha value is -1.24. The molecule has 1 atom stereocenters. The van der Waals surface area contributed by atoms with Gasteiger partial charge in [0.05, 0.1) is 6.61 Å². The van der Waals surface area contributed by atoms with Crippen LogP contribution in [0, 0.1) is 5.92 Å². The first-order valence-electron chi connectivity index (χ1n) is 6.19. The maximum atomic E-state index is 11.3. The molecule has 0 aliphatic carbocycles. The van der Waals surface area contributed by atoms with Crippen molar-refractivity contribution in [3.8, 4) is 5.75 Å². The van der Waals surface area contributed by atoms with Crippen LogP contribution in [0.25, 0.3) is 0 Å². The van der Waals surface area contributed by atoms with Gasteiger partial charge in [0.15, 0.2) is 0 Å². The number of hydrogen-bond donors (Lipinski definition) is 3. The highest BCUT2D eigenvalue weighted by molar-refractivity contribution is 7.99. The second-order valence-corrected chi connectivity index (χ2v) is 5.42. The molecule has 1 unspecified atom stereocenters. The van der Waals surface area contributed by atoms with E-state index in [0.29, 0.717) is 30.4 Å². The van der Waals surface area contributed by atoms with E-state index in [1.54, 1.807) is 18.2 Å². The van der Waals surface area contributed by atoms with Crippen molar-refractivity contribution < 1.29 is 9.53 Å². The van der Waals surface area contributed by atoms with Gasteiger partial charge in [0, 0.05) is 11.3 Å². The Morgan fingerprint density at radius 1 is 1.53 bits per heavy atom. The van der Waals surface area contributed by atoms with Crippen molar-refractivity contribution in [2.45, 2.75) is 6.92 Å². The predicted molar refractivity (Wildman–Crippen MR) is 79.1 cm³/mol. The second kappa shape index (κ2) is 8.79. The number of carbonyl (C=O) groups excluding carboxylic acids is 1. The molecule has 1 amide bonds. The maximum Gasteiger partial charge on any atom is 0.265 e. The van der Waals surface area contributed by atoms with Crippen LogP contribution < -0.4 is 21.7 Å². The number of hydrazine groups is 1. The third-order valence-electron chi connectivity index (χ3n) is 2.53. The molecular weight excluding hydrogens is 262 g/mol. The van der Waals surface area contributed by atoms with Gasteiger partial charge in [-0.15, -0.1) is 0 Å². The number of thioether (sulfide) groups is 1. The third kappa shape index (κ3) is 5.96. The van der Waals surface area contributed by atoms with Crippen molar-refractivity contribution in [2.75, 3.05) is 24.7 Å². The molecule has 0 aliphatic heterocycles. The van der Waals surface area contributed by atoms with Gasteiger partial charge in [-0.1, -0.05) is 13.0 Å². The first-order valence-corrected chi connectivity index (χ1v) is 7.34. The van der Waals surface area contributed by atoms with Crippen LogP contribution in [-0.4, -0.2) is 30.6 Å². The molecule has 0 saturated carbocycles. The lowest BCUT2D eigenvalue weighted by Crippen LogP contribution is -2.29. The average Bonchev–Trinajstić information content (AvgIpc) is 2.46. The van der Waals surface area contributed by atoms with Crippen LogP contribution in [0.15, 0.2) is 24.3 Å². The first-order chi connectivity index (χ1) is 9.17. The molecule has 0 radical (unpaired) electrons. The Morgan fingerprint density at radius 3 is 3.00 bits per heavy atom. The molecule has 0 fully saturated rings. The molecule has 1 rings (SSSR count). The Kier molecular flexibility index (Phi) is 7.32. The number of nitrogens with one attached hydrogen (secondary N) is 1. The van der Waals surface area contributed by atoms with E-state index in [-0.39, 0.29) is 5.91 Å². The third-order valence-corrected chi connectivity index (χ3v) is 3.79. The van der Waals surface area contributed by atoms with Crippen molar-refractivity contribution >= 4 is 17.7 Å². The van der Waals surface area contributed by atoms with E-state index in [9.17, 15) is 4.79 Å². The zero-order valence-corrected chi connectivity index (χ0v) is 11.9. The summed E-state index contributed by atoms with van der Waals surface area (Å²) in [7, 11) is 0. The predicted octanol–water partition coefficient (Wildman–Crippen LogP) is 0.997. The van der Waals surface area contributed by atoms with E-state index in [1.165, 1.54) is 0 Å². The van der Waals surface area contributed by atoms with Crippen molar-refractivity contribution in [1.29, 1.82) is 0 Å². The molecule has 5 N–H and O–H groups in total. The van der Waals surface area contributed by atoms with Gasteiger partial charge in [0.2, 0.25) is 0 Å². The zero-order valence-electron chi connectivity index (χ0n) is 11.1. The van der Waals surface area contributed by atoms with E-state index in [1.807, 2.05) is 17.8 Å². The Balaban J connectivity index is 2.31. The average molecular weight is 283 g/mol. The topological polar surface area (TPSA) is 90.4 Å². The highest BCUT2D eigenvalue weighted by Crippen LogP contribution is 2.14. The van der Waals surface area contributed by atoms with E-state index in [4.69, 9.17) is 16.3 Å². The van der Waals surface area contributed by atoms with Crippen molar-refractivity contribution in [1.82, 2.24) is 5.43 Å². The standard InChI is InChI=1S/C13H21N3O2S/c1-10(8-14)9-19-6-5-18-12-4-2-3-11(7-12)13(17)16-15/h2-4,7,10H,5-6,8-9,14-15H2,1H3,(H,16,17). The van der Waals surface area contributed by atoms with Crippen molar-refractivity contribution in [3.63, 3.8) is 0 Å². The van der Waals surface area contributed by atoms with Crippen LogP contribution in [0.3, 0.4) is 0 Å². The summed E-state index contributed by atoms with van der Waals surface area (Å²) in [6.07, 6.45) is 0. The SMILES string of the molecule is CC(CN)CSCCOc1cccc(C(=O)NN)c1. The molecule has 0 aliphatic rings. The van der Waals surface area contributed by atoms with Gasteiger partial charge in [-0.3, -0.25) is 10.2 Å². The maximum absolute atomic E-state index is 11.3. The number of benzene rings is 1. The fraction of sp³-hybridized carbons (Fsp3) is 0.462. The summed E-state index contributed by atoms with van der Waals surface area (Å²) in [5.74, 6) is 7.90. The van der Waals surface area contributed by atoms with Crippen LogP contribution in [0.2, 0.25) is 0 Å². The molecule has 106 valence electrons. The molecule has 19 heavy (non-hydrogen) atoms. The van der Waals surface area contributed by atoms with Gasteiger partial charge >= 0.3 is 0 Å². The van der Waals surface area contributed by atoms with Crippen LogP contribution in [-0.2, 0) is 0 Å². The molecule has 1 aromatic rings. The van der Waals surface area contributed by atoms with E-state index >= 15 is 0 Å². The minimum atomic E-state index is -0.323. The monoisotopic (exact) mass is 283 g/mol. The molecule has 5 nitrogen and oxygen atoms in total. The minimum absolute atomic E-state index is 0.323. The van der Waals surface area contributed by atoms with Crippen LogP contribution in [0.5, 0.6) is 5.75 Å². The quantitative estimate of drug-likeness (QED) is 0.286. The van der Waals surface area contributed by atoms with Crippen LogP contribution >= 0.6 is 11.8 Å².